The number of nitrogens with zero attached hydrogens (tertiary/aromatic N) is 1. The summed E-state index contributed by atoms with van der Waals surface area (Å²) in [6, 6.07) is 5.11. The topological polar surface area (TPSA) is 76.1 Å². The molecule has 0 fully saturated rings. The maximum absolute atomic E-state index is 12.3. The highest BCUT2D eigenvalue weighted by molar-refractivity contribution is 5.94. The Bertz CT molecular complexity index is 529. The van der Waals surface area contributed by atoms with Gasteiger partial charge in [-0.3, -0.25) is 9.59 Å². The number of aliphatic carboxylic acids is 1. The van der Waals surface area contributed by atoms with Crippen LogP contribution in [0.5, 0.6) is 11.5 Å². The van der Waals surface area contributed by atoms with Crippen molar-refractivity contribution in [1.82, 2.24) is 4.90 Å². The zero-order valence-corrected chi connectivity index (χ0v) is 12.0. The van der Waals surface area contributed by atoms with E-state index < -0.39 is 5.97 Å². The summed E-state index contributed by atoms with van der Waals surface area (Å²) in [7, 11) is 1.66. The van der Waals surface area contributed by atoms with E-state index in [1.807, 2.05) is 0 Å². The smallest absolute Gasteiger partial charge is 0.303 e. The number of ether oxygens (including phenoxy) is 2. The summed E-state index contributed by atoms with van der Waals surface area (Å²) < 4.78 is 11.1. The lowest BCUT2D eigenvalue weighted by atomic mass is 10.1. The van der Waals surface area contributed by atoms with Crippen molar-refractivity contribution in [2.24, 2.45) is 0 Å². The Labute approximate surface area is 123 Å². The Hall–Kier alpha value is -2.24. The number of hydrogen-bond donors (Lipinski definition) is 1. The van der Waals surface area contributed by atoms with Crippen LogP contribution in [0.2, 0.25) is 0 Å². The van der Waals surface area contributed by atoms with Crippen LogP contribution in [0, 0.1) is 0 Å². The number of fused-ring (bicyclic) bond motifs is 1. The minimum absolute atomic E-state index is 0.0543. The molecule has 0 aliphatic carbocycles. The second-order valence-electron chi connectivity index (χ2n) is 4.94. The van der Waals surface area contributed by atoms with Crippen LogP contribution in [0.4, 0.5) is 0 Å². The van der Waals surface area contributed by atoms with Crippen molar-refractivity contribution in [2.75, 3.05) is 26.8 Å². The van der Waals surface area contributed by atoms with Gasteiger partial charge in [0.15, 0.2) is 11.5 Å². The highest BCUT2D eigenvalue weighted by Crippen LogP contribution is 2.30. The molecule has 1 heterocycles. The van der Waals surface area contributed by atoms with Gasteiger partial charge in [-0.15, -0.1) is 0 Å². The molecule has 21 heavy (non-hydrogen) atoms. The Morgan fingerprint density at radius 1 is 1.24 bits per heavy atom. The number of rotatable bonds is 5. The van der Waals surface area contributed by atoms with E-state index in [-0.39, 0.29) is 12.3 Å². The summed E-state index contributed by atoms with van der Waals surface area (Å²) in [5.74, 6) is 0.220. The summed E-state index contributed by atoms with van der Waals surface area (Å²) in [5, 5.41) is 8.61. The van der Waals surface area contributed by atoms with E-state index in [1.54, 1.807) is 25.2 Å². The van der Waals surface area contributed by atoms with Gasteiger partial charge in [-0.25, -0.2) is 0 Å². The van der Waals surface area contributed by atoms with E-state index in [2.05, 4.69) is 0 Å². The maximum Gasteiger partial charge on any atom is 0.303 e. The number of carbonyl (C=O) groups is 2. The first-order chi connectivity index (χ1) is 10.1. The van der Waals surface area contributed by atoms with E-state index in [4.69, 9.17) is 14.6 Å². The normalized spacial score (nSPS) is 13.4. The molecule has 0 bridgehead atoms. The predicted octanol–water partition coefficient (Wildman–Crippen LogP) is 1.78. The molecule has 1 aromatic rings. The third-order valence-electron chi connectivity index (χ3n) is 3.23. The average molecular weight is 293 g/mol. The molecule has 0 aromatic heterocycles. The van der Waals surface area contributed by atoms with E-state index in [9.17, 15) is 9.59 Å². The lowest BCUT2D eigenvalue weighted by molar-refractivity contribution is -0.137. The Balaban J connectivity index is 2.01. The molecule has 0 spiro atoms. The molecule has 1 aliphatic heterocycles. The second-order valence-corrected chi connectivity index (χ2v) is 4.94. The number of carbonyl (C=O) groups excluding carboxylic acids is 1. The maximum atomic E-state index is 12.3. The van der Waals surface area contributed by atoms with Crippen LogP contribution in [0.15, 0.2) is 18.2 Å². The number of hydrogen-bond acceptors (Lipinski definition) is 4. The quantitative estimate of drug-likeness (QED) is 0.895. The van der Waals surface area contributed by atoms with Gasteiger partial charge >= 0.3 is 5.97 Å². The van der Waals surface area contributed by atoms with Gasteiger partial charge < -0.3 is 19.5 Å². The van der Waals surface area contributed by atoms with Gasteiger partial charge in [0.1, 0.15) is 0 Å². The van der Waals surface area contributed by atoms with E-state index in [1.165, 1.54) is 4.90 Å². The molecular formula is C15H19NO5. The van der Waals surface area contributed by atoms with Crippen LogP contribution in [0.3, 0.4) is 0 Å². The molecule has 1 N–H and O–H groups in total. The molecule has 0 radical (unpaired) electrons. The molecule has 0 atom stereocenters. The van der Waals surface area contributed by atoms with Crippen molar-refractivity contribution >= 4 is 11.9 Å². The summed E-state index contributed by atoms with van der Waals surface area (Å²) in [6.45, 7) is 1.58. The van der Waals surface area contributed by atoms with Crippen LogP contribution in [-0.2, 0) is 4.79 Å². The summed E-state index contributed by atoms with van der Waals surface area (Å²) >= 11 is 0. The fraction of sp³-hybridized carbons (Fsp3) is 0.467. The molecule has 6 nitrogen and oxygen atoms in total. The third-order valence-corrected chi connectivity index (χ3v) is 3.23. The highest BCUT2D eigenvalue weighted by Gasteiger charge is 2.16. The minimum Gasteiger partial charge on any atom is -0.490 e. The molecule has 1 aromatic carbocycles. The number of benzene rings is 1. The van der Waals surface area contributed by atoms with Crippen LogP contribution >= 0.6 is 0 Å². The molecular weight excluding hydrogens is 274 g/mol. The zero-order valence-electron chi connectivity index (χ0n) is 12.0. The fourth-order valence-corrected chi connectivity index (χ4v) is 2.09. The highest BCUT2D eigenvalue weighted by atomic mass is 16.5. The first-order valence-corrected chi connectivity index (χ1v) is 6.95. The van der Waals surface area contributed by atoms with Gasteiger partial charge in [0.25, 0.3) is 5.91 Å². The molecule has 0 saturated heterocycles. The minimum atomic E-state index is -0.855. The Morgan fingerprint density at radius 2 is 1.95 bits per heavy atom. The molecule has 0 unspecified atom stereocenters. The van der Waals surface area contributed by atoms with Crippen LogP contribution in [-0.4, -0.2) is 48.7 Å². The second kappa shape index (κ2) is 6.97. The molecule has 1 amide bonds. The zero-order chi connectivity index (χ0) is 15.2. The van der Waals surface area contributed by atoms with Crippen LogP contribution < -0.4 is 9.47 Å². The van der Waals surface area contributed by atoms with E-state index in [0.29, 0.717) is 43.2 Å². The molecule has 2 rings (SSSR count). The Morgan fingerprint density at radius 3 is 2.67 bits per heavy atom. The molecule has 0 saturated carbocycles. The van der Waals surface area contributed by atoms with Crippen molar-refractivity contribution < 1.29 is 24.2 Å². The van der Waals surface area contributed by atoms with Crippen molar-refractivity contribution in [2.45, 2.75) is 19.3 Å². The van der Waals surface area contributed by atoms with E-state index in [0.717, 1.165) is 6.42 Å². The molecule has 1 aliphatic rings. The van der Waals surface area contributed by atoms with Gasteiger partial charge in [0.2, 0.25) is 0 Å². The van der Waals surface area contributed by atoms with E-state index >= 15 is 0 Å². The standard InChI is InChI=1S/C15H19NO5/c1-16(7-2-4-14(17)18)15(19)11-5-6-12-13(10-11)21-9-3-8-20-12/h5-6,10H,2-4,7-9H2,1H3,(H,17,18). The van der Waals surface area contributed by atoms with Gasteiger partial charge in [-0.2, -0.15) is 0 Å². The monoisotopic (exact) mass is 293 g/mol. The fourth-order valence-electron chi connectivity index (χ4n) is 2.09. The van der Waals surface area contributed by atoms with Crippen molar-refractivity contribution in [3.8, 4) is 11.5 Å². The first kappa shape index (κ1) is 15.2. The number of carboxylic acids is 1. The van der Waals surface area contributed by atoms with Gasteiger partial charge in [-0.1, -0.05) is 0 Å². The third kappa shape index (κ3) is 4.11. The lowest BCUT2D eigenvalue weighted by Crippen LogP contribution is -2.28. The number of amides is 1. The van der Waals surface area contributed by atoms with Crippen molar-refractivity contribution in [1.29, 1.82) is 0 Å². The molecule has 114 valence electrons. The van der Waals surface area contributed by atoms with Crippen molar-refractivity contribution in [3.05, 3.63) is 23.8 Å². The lowest BCUT2D eigenvalue weighted by Gasteiger charge is -2.17. The van der Waals surface area contributed by atoms with Crippen LogP contribution in [0.1, 0.15) is 29.6 Å². The van der Waals surface area contributed by atoms with Gasteiger partial charge in [0.05, 0.1) is 13.2 Å². The Kier molecular flexibility index (Phi) is 5.03. The summed E-state index contributed by atoms with van der Waals surface area (Å²) in [5.41, 5.74) is 0.511. The van der Waals surface area contributed by atoms with Crippen molar-refractivity contribution in [3.63, 3.8) is 0 Å². The average Bonchev–Trinajstić information content (AvgIpc) is 2.70. The largest absolute Gasteiger partial charge is 0.490 e. The van der Waals surface area contributed by atoms with Gasteiger partial charge in [-0.05, 0) is 24.6 Å². The first-order valence-electron chi connectivity index (χ1n) is 6.95. The summed E-state index contributed by atoms with van der Waals surface area (Å²) in [6.07, 6.45) is 1.30. The molecule has 6 heteroatoms. The van der Waals surface area contributed by atoms with Crippen LogP contribution in [0.25, 0.3) is 0 Å². The SMILES string of the molecule is CN(CCCC(=O)O)C(=O)c1ccc2c(c1)OCCCO2. The predicted molar refractivity (Wildman–Crippen MR) is 75.9 cm³/mol. The number of carboxylic acid groups (broad SMARTS) is 1. The summed E-state index contributed by atoms with van der Waals surface area (Å²) in [4.78, 5) is 24.3. The van der Waals surface area contributed by atoms with Gasteiger partial charge in [0, 0.05) is 32.0 Å².